The number of hydrogen-bond acceptors (Lipinski definition) is 6. The lowest BCUT2D eigenvalue weighted by molar-refractivity contribution is -0.117. The molecule has 2 N–H and O–H groups in total. The smallest absolute Gasteiger partial charge is 0.280 e. The molecule has 10 heteroatoms. The summed E-state index contributed by atoms with van der Waals surface area (Å²) in [5.74, 6) is -0.0934. The van der Waals surface area contributed by atoms with Gasteiger partial charge in [0, 0.05) is 46.3 Å². The standard InChI is InChI=1S/C28H26F2N6O2/c1-16(35-28(38)21-9-10-32-24(13-21)26(29)30)11-22(17(2)31-3)19-5-4-6-20(12-19)23-14-25(34-15-33-23)36-27(37)18-7-8-18/h4-6,9-15,18,26H,3,7-8H2,1-2H3,(H,35,38)(H,33,34,36,37)/b16-11+,22-17+. The van der Waals surface area contributed by atoms with E-state index < -0.39 is 18.0 Å². The maximum Gasteiger partial charge on any atom is 0.280 e. The number of nitrogens with one attached hydrogen (secondary N) is 2. The van der Waals surface area contributed by atoms with Gasteiger partial charge in [0.15, 0.2) is 0 Å². The molecular formula is C28H26F2N6O2. The zero-order valence-electron chi connectivity index (χ0n) is 20.9. The molecule has 2 heterocycles. The summed E-state index contributed by atoms with van der Waals surface area (Å²) >= 11 is 0. The molecule has 0 spiro atoms. The zero-order valence-corrected chi connectivity index (χ0v) is 20.9. The summed E-state index contributed by atoms with van der Waals surface area (Å²) < 4.78 is 25.9. The number of aromatic nitrogens is 3. The van der Waals surface area contributed by atoms with Gasteiger partial charge in [0.05, 0.1) is 5.69 Å². The highest BCUT2D eigenvalue weighted by molar-refractivity contribution is 5.96. The molecule has 0 atom stereocenters. The molecule has 2 aromatic heterocycles. The third kappa shape index (κ3) is 6.58. The van der Waals surface area contributed by atoms with Gasteiger partial charge in [-0.1, -0.05) is 18.2 Å². The maximum absolute atomic E-state index is 13.0. The number of carbonyl (C=O) groups is 2. The number of amides is 2. The van der Waals surface area contributed by atoms with Crippen molar-refractivity contribution < 1.29 is 18.4 Å². The fraction of sp³-hybridized carbons (Fsp3) is 0.214. The topological polar surface area (TPSA) is 109 Å². The van der Waals surface area contributed by atoms with Gasteiger partial charge in [0.2, 0.25) is 5.91 Å². The minimum Gasteiger partial charge on any atom is -0.326 e. The normalized spacial score (nSPS) is 14.1. The van der Waals surface area contributed by atoms with E-state index in [4.69, 9.17) is 0 Å². The Balaban J connectivity index is 1.58. The van der Waals surface area contributed by atoms with Gasteiger partial charge in [-0.3, -0.25) is 19.6 Å². The molecule has 1 fully saturated rings. The second-order valence-electron chi connectivity index (χ2n) is 8.84. The molecule has 38 heavy (non-hydrogen) atoms. The van der Waals surface area contributed by atoms with E-state index in [-0.39, 0.29) is 17.4 Å². The Hall–Kier alpha value is -4.60. The van der Waals surface area contributed by atoms with Crippen molar-refractivity contribution in [1.29, 1.82) is 0 Å². The highest BCUT2D eigenvalue weighted by atomic mass is 19.3. The molecule has 8 nitrogen and oxygen atoms in total. The van der Waals surface area contributed by atoms with Gasteiger partial charge in [-0.25, -0.2) is 18.7 Å². The van der Waals surface area contributed by atoms with Crippen LogP contribution in [0.25, 0.3) is 16.8 Å². The number of alkyl halides is 2. The van der Waals surface area contributed by atoms with Crippen molar-refractivity contribution in [3.8, 4) is 11.3 Å². The van der Waals surface area contributed by atoms with Crippen LogP contribution in [0.5, 0.6) is 0 Å². The number of anilines is 1. The molecule has 0 saturated heterocycles. The average Bonchev–Trinajstić information content (AvgIpc) is 3.77. The molecule has 0 unspecified atom stereocenters. The van der Waals surface area contributed by atoms with Gasteiger partial charge in [-0.05, 0) is 63.2 Å². The van der Waals surface area contributed by atoms with Crippen LogP contribution in [0.15, 0.2) is 77.5 Å². The number of pyridine rings is 1. The second-order valence-corrected chi connectivity index (χ2v) is 8.84. The molecule has 2 amide bonds. The van der Waals surface area contributed by atoms with E-state index >= 15 is 0 Å². The largest absolute Gasteiger partial charge is 0.326 e. The summed E-state index contributed by atoms with van der Waals surface area (Å²) in [5.41, 5.74) is 3.57. The molecule has 0 aliphatic heterocycles. The lowest BCUT2D eigenvalue weighted by atomic mass is 9.99. The van der Waals surface area contributed by atoms with E-state index in [9.17, 15) is 18.4 Å². The number of nitrogens with zero attached hydrogens (tertiary/aromatic N) is 4. The van der Waals surface area contributed by atoms with Gasteiger partial charge in [0.25, 0.3) is 12.3 Å². The number of rotatable bonds is 9. The van der Waals surface area contributed by atoms with E-state index in [1.54, 1.807) is 26.0 Å². The zero-order chi connectivity index (χ0) is 27.2. The van der Waals surface area contributed by atoms with Crippen LogP contribution in [-0.2, 0) is 4.79 Å². The first-order valence-electron chi connectivity index (χ1n) is 11.9. The predicted octanol–water partition coefficient (Wildman–Crippen LogP) is 5.59. The summed E-state index contributed by atoms with van der Waals surface area (Å²) in [7, 11) is 0. The second kappa shape index (κ2) is 11.6. The van der Waals surface area contributed by atoms with Crippen molar-refractivity contribution in [1.82, 2.24) is 20.3 Å². The van der Waals surface area contributed by atoms with Crippen molar-refractivity contribution >= 4 is 29.9 Å². The van der Waals surface area contributed by atoms with E-state index in [1.807, 2.05) is 24.3 Å². The van der Waals surface area contributed by atoms with Crippen LogP contribution < -0.4 is 10.6 Å². The summed E-state index contributed by atoms with van der Waals surface area (Å²) in [6.07, 6.45) is 3.32. The number of hydrogen-bond donors (Lipinski definition) is 2. The first-order chi connectivity index (χ1) is 18.2. The van der Waals surface area contributed by atoms with E-state index in [1.165, 1.54) is 18.6 Å². The molecule has 3 aromatic rings. The lowest BCUT2D eigenvalue weighted by Gasteiger charge is -2.12. The van der Waals surface area contributed by atoms with Gasteiger partial charge in [-0.15, -0.1) is 0 Å². The quantitative estimate of drug-likeness (QED) is 0.285. The monoisotopic (exact) mass is 516 g/mol. The molecule has 1 aliphatic carbocycles. The third-order valence-electron chi connectivity index (χ3n) is 5.90. The van der Waals surface area contributed by atoms with Crippen LogP contribution in [0.3, 0.4) is 0 Å². The van der Waals surface area contributed by atoms with E-state index in [0.29, 0.717) is 28.5 Å². The molecule has 4 rings (SSSR count). The molecule has 1 saturated carbocycles. The number of carbonyl (C=O) groups excluding carboxylic acids is 2. The molecule has 0 bridgehead atoms. The van der Waals surface area contributed by atoms with Crippen molar-refractivity contribution in [3.05, 3.63) is 89.3 Å². The van der Waals surface area contributed by atoms with Gasteiger partial charge in [0.1, 0.15) is 17.8 Å². The van der Waals surface area contributed by atoms with Crippen LogP contribution in [0.2, 0.25) is 0 Å². The Bertz CT molecular complexity index is 1450. The SMILES string of the molecule is C=N/C(C)=C(\C=C(/C)NC(=O)c1ccnc(C(F)F)c1)c1cccc(-c2cc(NC(=O)C3CC3)ncn2)c1. The summed E-state index contributed by atoms with van der Waals surface area (Å²) in [4.78, 5) is 40.9. The summed E-state index contributed by atoms with van der Waals surface area (Å²) in [5, 5.41) is 5.55. The lowest BCUT2D eigenvalue weighted by Crippen LogP contribution is -2.21. The molecule has 1 aromatic carbocycles. The Kier molecular flexibility index (Phi) is 8.10. The Morgan fingerprint density at radius 3 is 2.58 bits per heavy atom. The molecule has 0 radical (unpaired) electrons. The van der Waals surface area contributed by atoms with Gasteiger partial charge >= 0.3 is 0 Å². The van der Waals surface area contributed by atoms with Crippen molar-refractivity contribution in [3.63, 3.8) is 0 Å². The maximum atomic E-state index is 13.0. The Morgan fingerprint density at radius 1 is 1.08 bits per heavy atom. The predicted molar refractivity (Wildman–Crippen MR) is 141 cm³/mol. The highest BCUT2D eigenvalue weighted by Crippen LogP contribution is 2.31. The fourth-order valence-corrected chi connectivity index (χ4v) is 3.70. The van der Waals surface area contributed by atoms with Gasteiger partial charge in [-0.2, -0.15) is 0 Å². The van der Waals surface area contributed by atoms with Crippen LogP contribution in [0, 0.1) is 5.92 Å². The van der Waals surface area contributed by atoms with E-state index in [0.717, 1.165) is 30.0 Å². The molecule has 1 aliphatic rings. The molecule has 194 valence electrons. The third-order valence-corrected chi connectivity index (χ3v) is 5.90. The first kappa shape index (κ1) is 26.5. The van der Waals surface area contributed by atoms with Gasteiger partial charge < -0.3 is 10.6 Å². The highest BCUT2D eigenvalue weighted by Gasteiger charge is 2.29. The van der Waals surface area contributed by atoms with Crippen LogP contribution in [0.1, 0.15) is 54.7 Å². The first-order valence-corrected chi connectivity index (χ1v) is 11.9. The number of aliphatic imine (C=N–C) groups is 1. The number of halogens is 2. The summed E-state index contributed by atoms with van der Waals surface area (Å²) in [6.45, 7) is 7.10. The average molecular weight is 517 g/mol. The van der Waals surface area contributed by atoms with E-state index in [2.05, 4.69) is 37.3 Å². The minimum absolute atomic E-state index is 0.0406. The Morgan fingerprint density at radius 2 is 1.87 bits per heavy atom. The fourth-order valence-electron chi connectivity index (χ4n) is 3.70. The van der Waals surface area contributed by atoms with Crippen LogP contribution >= 0.6 is 0 Å². The molecular weight excluding hydrogens is 490 g/mol. The van der Waals surface area contributed by atoms with Crippen molar-refractivity contribution in [2.45, 2.75) is 33.1 Å². The Labute approximate surface area is 218 Å². The van der Waals surface area contributed by atoms with Crippen molar-refractivity contribution in [2.75, 3.05) is 5.32 Å². The number of benzene rings is 1. The number of allylic oxidation sites excluding steroid dienone is 4. The summed E-state index contributed by atoms with van der Waals surface area (Å²) in [6, 6.07) is 11.7. The van der Waals surface area contributed by atoms with Crippen LogP contribution in [0.4, 0.5) is 14.6 Å². The van der Waals surface area contributed by atoms with Crippen LogP contribution in [-0.4, -0.2) is 33.5 Å². The minimum atomic E-state index is -2.78. The van der Waals surface area contributed by atoms with Crippen molar-refractivity contribution in [2.24, 2.45) is 10.9 Å².